The Bertz CT molecular complexity index is 283. The number of carbonyl (C=O) groups excluding carboxylic acids is 1. The molecular formula is C10H12O3. The number of allylic oxidation sites excluding steroid dienone is 5. The van der Waals surface area contributed by atoms with Gasteiger partial charge in [0.2, 0.25) is 0 Å². The third-order valence-corrected chi connectivity index (χ3v) is 1.56. The Labute approximate surface area is 77.1 Å². The highest BCUT2D eigenvalue weighted by molar-refractivity contribution is 5.87. The average molecular weight is 180 g/mol. The monoisotopic (exact) mass is 180 g/mol. The molecule has 0 spiro atoms. The van der Waals surface area contributed by atoms with Crippen LogP contribution in [0, 0.1) is 0 Å². The zero-order chi connectivity index (χ0) is 10.3. The van der Waals surface area contributed by atoms with Gasteiger partial charge in [0.25, 0.3) is 0 Å². The number of aliphatic carboxylic acids is 1. The Morgan fingerprint density at radius 2 is 1.77 bits per heavy atom. The molecule has 0 aromatic carbocycles. The van der Waals surface area contributed by atoms with E-state index in [1.54, 1.807) is 25.2 Å². The topological polar surface area (TPSA) is 54.4 Å². The molecule has 0 bridgehead atoms. The Hall–Kier alpha value is -1.64. The molecular weight excluding hydrogens is 168 g/mol. The lowest BCUT2D eigenvalue weighted by molar-refractivity contribution is -0.132. The molecule has 0 rings (SSSR count). The summed E-state index contributed by atoms with van der Waals surface area (Å²) < 4.78 is 0. The molecule has 3 nitrogen and oxygen atoms in total. The molecule has 0 amide bonds. The Morgan fingerprint density at radius 1 is 1.15 bits per heavy atom. The van der Waals surface area contributed by atoms with E-state index in [9.17, 15) is 9.59 Å². The van der Waals surface area contributed by atoms with Gasteiger partial charge in [-0.05, 0) is 25.5 Å². The summed E-state index contributed by atoms with van der Waals surface area (Å²) in [5.74, 6) is -0.929. The molecule has 0 atom stereocenters. The standard InChI is InChI=1S/C10H12O3/c1-8(9(2)10(12)13)6-4-3-5-7-11/h3-7H,1-2H3,(H,12,13). The van der Waals surface area contributed by atoms with Crippen LogP contribution in [0.1, 0.15) is 13.8 Å². The van der Waals surface area contributed by atoms with Crippen LogP contribution in [0.3, 0.4) is 0 Å². The van der Waals surface area contributed by atoms with Crippen molar-refractivity contribution in [3.63, 3.8) is 0 Å². The van der Waals surface area contributed by atoms with Crippen LogP contribution in [-0.4, -0.2) is 17.4 Å². The number of hydrogen-bond acceptors (Lipinski definition) is 2. The Kier molecular flexibility index (Phi) is 5.19. The van der Waals surface area contributed by atoms with Gasteiger partial charge in [0.05, 0.1) is 0 Å². The third-order valence-electron chi connectivity index (χ3n) is 1.56. The van der Waals surface area contributed by atoms with Crippen LogP contribution in [0.5, 0.6) is 0 Å². The summed E-state index contributed by atoms with van der Waals surface area (Å²) in [6.45, 7) is 3.24. The number of carboxylic acids is 1. The normalized spacial score (nSPS) is 13.4. The van der Waals surface area contributed by atoms with Gasteiger partial charge in [-0.25, -0.2) is 4.79 Å². The molecule has 0 fully saturated rings. The number of aldehydes is 1. The van der Waals surface area contributed by atoms with Gasteiger partial charge in [0, 0.05) is 5.57 Å². The first-order valence-corrected chi connectivity index (χ1v) is 3.79. The van der Waals surface area contributed by atoms with Crippen molar-refractivity contribution in [3.05, 3.63) is 35.5 Å². The summed E-state index contributed by atoms with van der Waals surface area (Å²) in [6, 6.07) is 0. The molecule has 70 valence electrons. The smallest absolute Gasteiger partial charge is 0.331 e. The highest BCUT2D eigenvalue weighted by atomic mass is 16.4. The maximum absolute atomic E-state index is 10.5. The minimum absolute atomic E-state index is 0.302. The van der Waals surface area contributed by atoms with Gasteiger partial charge < -0.3 is 5.11 Å². The summed E-state index contributed by atoms with van der Waals surface area (Å²) in [7, 11) is 0. The molecule has 1 N–H and O–H groups in total. The number of rotatable bonds is 4. The second kappa shape index (κ2) is 5.94. The first-order valence-electron chi connectivity index (χ1n) is 3.79. The number of carbonyl (C=O) groups is 2. The molecule has 0 radical (unpaired) electrons. The van der Waals surface area contributed by atoms with E-state index in [0.717, 1.165) is 0 Å². The van der Waals surface area contributed by atoms with E-state index < -0.39 is 5.97 Å². The van der Waals surface area contributed by atoms with Gasteiger partial charge in [-0.3, -0.25) is 4.79 Å². The van der Waals surface area contributed by atoms with E-state index in [1.165, 1.54) is 13.0 Å². The van der Waals surface area contributed by atoms with E-state index >= 15 is 0 Å². The van der Waals surface area contributed by atoms with E-state index in [-0.39, 0.29) is 0 Å². The number of carboxylic acid groups (broad SMARTS) is 1. The molecule has 0 aliphatic rings. The maximum Gasteiger partial charge on any atom is 0.331 e. The molecule has 0 aromatic heterocycles. The van der Waals surface area contributed by atoms with E-state index in [2.05, 4.69) is 0 Å². The fourth-order valence-corrected chi connectivity index (χ4v) is 0.603. The van der Waals surface area contributed by atoms with Crippen molar-refractivity contribution in [2.75, 3.05) is 0 Å². The SMILES string of the molecule is CC(C=CC=CC=O)=C(C)C(=O)O. The van der Waals surface area contributed by atoms with E-state index in [0.29, 0.717) is 17.4 Å². The van der Waals surface area contributed by atoms with Crippen LogP contribution in [0.2, 0.25) is 0 Å². The highest BCUT2D eigenvalue weighted by Gasteiger charge is 2.01. The maximum atomic E-state index is 10.5. The molecule has 0 aliphatic heterocycles. The van der Waals surface area contributed by atoms with Crippen molar-refractivity contribution < 1.29 is 14.7 Å². The van der Waals surface area contributed by atoms with Crippen LogP contribution in [-0.2, 0) is 9.59 Å². The predicted octanol–water partition coefficient (Wildman–Crippen LogP) is 1.72. The van der Waals surface area contributed by atoms with Crippen LogP contribution in [0.4, 0.5) is 0 Å². The minimum Gasteiger partial charge on any atom is -0.478 e. The van der Waals surface area contributed by atoms with Gasteiger partial charge in [-0.15, -0.1) is 0 Å². The number of hydrogen-bond donors (Lipinski definition) is 1. The van der Waals surface area contributed by atoms with Crippen molar-refractivity contribution in [1.82, 2.24) is 0 Å². The molecule has 13 heavy (non-hydrogen) atoms. The van der Waals surface area contributed by atoms with Crippen LogP contribution in [0.25, 0.3) is 0 Å². The molecule has 0 unspecified atom stereocenters. The van der Waals surface area contributed by atoms with Crippen LogP contribution >= 0.6 is 0 Å². The average Bonchev–Trinajstić information content (AvgIpc) is 2.10. The van der Waals surface area contributed by atoms with Crippen LogP contribution in [0.15, 0.2) is 35.5 Å². The fourth-order valence-electron chi connectivity index (χ4n) is 0.603. The predicted molar refractivity (Wildman–Crippen MR) is 50.4 cm³/mol. The van der Waals surface area contributed by atoms with Gasteiger partial charge in [0.1, 0.15) is 6.29 Å². The van der Waals surface area contributed by atoms with Crippen molar-refractivity contribution in [2.45, 2.75) is 13.8 Å². The van der Waals surface area contributed by atoms with Gasteiger partial charge in [0.15, 0.2) is 0 Å². The summed E-state index contributed by atoms with van der Waals surface area (Å²) >= 11 is 0. The first-order chi connectivity index (χ1) is 6.09. The molecule has 0 heterocycles. The van der Waals surface area contributed by atoms with Crippen molar-refractivity contribution in [1.29, 1.82) is 0 Å². The Morgan fingerprint density at radius 3 is 2.23 bits per heavy atom. The zero-order valence-electron chi connectivity index (χ0n) is 7.65. The molecule has 0 aliphatic carbocycles. The lowest BCUT2D eigenvalue weighted by Crippen LogP contribution is -1.97. The van der Waals surface area contributed by atoms with Crippen molar-refractivity contribution in [2.24, 2.45) is 0 Å². The second-order valence-electron chi connectivity index (χ2n) is 2.49. The molecule has 0 aromatic rings. The third kappa shape index (κ3) is 4.74. The zero-order valence-corrected chi connectivity index (χ0v) is 7.65. The lowest BCUT2D eigenvalue weighted by Gasteiger charge is -1.95. The molecule has 3 heteroatoms. The summed E-state index contributed by atoms with van der Waals surface area (Å²) in [5.41, 5.74) is 0.971. The Balaban J connectivity index is 4.44. The van der Waals surface area contributed by atoms with Crippen molar-refractivity contribution >= 4 is 12.3 Å². The second-order valence-corrected chi connectivity index (χ2v) is 2.49. The molecule has 0 saturated heterocycles. The van der Waals surface area contributed by atoms with Gasteiger partial charge in [-0.2, -0.15) is 0 Å². The summed E-state index contributed by atoms with van der Waals surface area (Å²) in [6.07, 6.45) is 6.80. The van der Waals surface area contributed by atoms with E-state index in [4.69, 9.17) is 5.11 Å². The van der Waals surface area contributed by atoms with Crippen LogP contribution < -0.4 is 0 Å². The van der Waals surface area contributed by atoms with E-state index in [1.807, 2.05) is 0 Å². The molecule has 0 saturated carbocycles. The highest BCUT2D eigenvalue weighted by Crippen LogP contribution is 2.04. The summed E-state index contributed by atoms with van der Waals surface area (Å²) in [4.78, 5) is 20.3. The minimum atomic E-state index is -0.929. The largest absolute Gasteiger partial charge is 0.478 e. The van der Waals surface area contributed by atoms with Gasteiger partial charge >= 0.3 is 5.97 Å². The lowest BCUT2D eigenvalue weighted by atomic mass is 10.1. The van der Waals surface area contributed by atoms with Crippen molar-refractivity contribution in [3.8, 4) is 0 Å². The quantitative estimate of drug-likeness (QED) is 0.407. The fraction of sp³-hybridized carbons (Fsp3) is 0.200. The van der Waals surface area contributed by atoms with Gasteiger partial charge in [-0.1, -0.05) is 18.2 Å². The summed E-state index contributed by atoms with van der Waals surface area (Å²) in [5, 5.41) is 8.59. The first kappa shape index (κ1) is 11.4.